The molecule has 0 radical (unpaired) electrons. The molecular formula is C65H119N2O7P. The van der Waals surface area contributed by atoms with Gasteiger partial charge in [-0.05, 0) is 89.5 Å². The van der Waals surface area contributed by atoms with Crippen LogP contribution in [0.4, 0.5) is 0 Å². The number of hydrogen-bond acceptors (Lipinski definition) is 7. The predicted octanol–water partition coefficient (Wildman–Crippen LogP) is 18.6. The Morgan fingerprint density at radius 3 is 1.27 bits per heavy atom. The second-order valence-electron chi connectivity index (χ2n) is 22.2. The SMILES string of the molecule is CCCCC/C=C\C/C=C\C/C=C\CCCCCCCCCCCCC(=O)NC(COP(=O)([O-])OCC[N+](C)(C)C)C(/C=C\CCCCCCCCCCCCC)OC(=O)CC/C=C/C/C=C\CCCCCCCC. The largest absolute Gasteiger partial charge is 0.756 e. The number of nitrogens with one attached hydrogen (secondary N) is 1. The van der Waals surface area contributed by atoms with E-state index in [4.69, 9.17) is 13.8 Å². The van der Waals surface area contributed by atoms with Gasteiger partial charge in [0.2, 0.25) is 5.91 Å². The number of rotatable bonds is 56. The number of phosphoric acid groups is 1. The van der Waals surface area contributed by atoms with Gasteiger partial charge in [-0.15, -0.1) is 0 Å². The first kappa shape index (κ1) is 72.5. The third-order valence-corrected chi connectivity index (χ3v) is 14.6. The van der Waals surface area contributed by atoms with Crippen LogP contribution in [-0.4, -0.2) is 69.4 Å². The van der Waals surface area contributed by atoms with Crippen molar-refractivity contribution >= 4 is 19.7 Å². The Hall–Kier alpha value is -2.55. The number of phosphoric ester groups is 1. The minimum atomic E-state index is -4.71. The van der Waals surface area contributed by atoms with Crippen LogP contribution in [0.1, 0.15) is 278 Å². The van der Waals surface area contributed by atoms with Crippen LogP contribution in [0.25, 0.3) is 0 Å². The Balaban J connectivity index is 5.25. The lowest BCUT2D eigenvalue weighted by atomic mass is 10.0. The zero-order valence-electron chi connectivity index (χ0n) is 49.7. The number of amides is 1. The normalized spacial score (nSPS) is 14.2. The van der Waals surface area contributed by atoms with Crippen molar-refractivity contribution in [3.63, 3.8) is 0 Å². The van der Waals surface area contributed by atoms with Gasteiger partial charge in [-0.1, -0.05) is 248 Å². The molecule has 0 bridgehead atoms. The van der Waals surface area contributed by atoms with Crippen molar-refractivity contribution in [1.29, 1.82) is 0 Å². The molecule has 0 rings (SSSR count). The maximum Gasteiger partial charge on any atom is 0.306 e. The molecule has 0 aromatic rings. The van der Waals surface area contributed by atoms with Gasteiger partial charge in [-0.2, -0.15) is 0 Å². The Bertz CT molecular complexity index is 1510. The lowest BCUT2D eigenvalue weighted by Gasteiger charge is -2.30. The summed E-state index contributed by atoms with van der Waals surface area (Å²) in [5.74, 6) is -0.621. The van der Waals surface area contributed by atoms with Crippen LogP contribution >= 0.6 is 7.82 Å². The van der Waals surface area contributed by atoms with E-state index in [1.807, 2.05) is 39.4 Å². The molecule has 0 fully saturated rings. The first-order chi connectivity index (χ1) is 36.4. The first-order valence-corrected chi connectivity index (χ1v) is 32.7. The number of esters is 1. The maximum atomic E-state index is 13.5. The van der Waals surface area contributed by atoms with E-state index in [1.165, 1.54) is 161 Å². The third kappa shape index (κ3) is 56.0. The van der Waals surface area contributed by atoms with Gasteiger partial charge in [-0.25, -0.2) is 0 Å². The van der Waals surface area contributed by atoms with E-state index >= 15 is 0 Å². The van der Waals surface area contributed by atoms with E-state index in [0.717, 1.165) is 77.0 Å². The monoisotopic (exact) mass is 1070 g/mol. The van der Waals surface area contributed by atoms with Gasteiger partial charge < -0.3 is 28.5 Å². The van der Waals surface area contributed by atoms with Crippen molar-refractivity contribution in [2.45, 2.75) is 290 Å². The lowest BCUT2D eigenvalue weighted by Crippen LogP contribution is -2.47. The molecule has 436 valence electrons. The van der Waals surface area contributed by atoms with Crippen molar-refractivity contribution < 1.29 is 37.3 Å². The van der Waals surface area contributed by atoms with Gasteiger partial charge in [0, 0.05) is 12.8 Å². The molecule has 0 aliphatic carbocycles. The van der Waals surface area contributed by atoms with Crippen LogP contribution in [-0.2, 0) is 27.9 Å². The molecule has 0 aromatic carbocycles. The quantitative estimate of drug-likeness (QED) is 0.0212. The second kappa shape index (κ2) is 54.8. The Kier molecular flexibility index (Phi) is 52.9. The van der Waals surface area contributed by atoms with E-state index in [9.17, 15) is 19.0 Å². The van der Waals surface area contributed by atoms with Crippen LogP contribution in [0.15, 0.2) is 72.9 Å². The smallest absolute Gasteiger partial charge is 0.306 e. The summed E-state index contributed by atoms with van der Waals surface area (Å²) >= 11 is 0. The molecule has 0 aliphatic rings. The van der Waals surface area contributed by atoms with Crippen molar-refractivity contribution in [2.75, 3.05) is 40.9 Å². The van der Waals surface area contributed by atoms with Gasteiger partial charge in [0.25, 0.3) is 7.82 Å². The van der Waals surface area contributed by atoms with E-state index in [1.54, 1.807) is 0 Å². The number of carbonyl (C=O) groups is 2. The Labute approximate surface area is 463 Å². The predicted molar refractivity (Wildman–Crippen MR) is 321 cm³/mol. The van der Waals surface area contributed by atoms with Gasteiger partial charge in [-0.3, -0.25) is 14.2 Å². The van der Waals surface area contributed by atoms with Gasteiger partial charge in [0.15, 0.2) is 0 Å². The molecule has 10 heteroatoms. The molecule has 0 saturated carbocycles. The number of nitrogens with zero attached hydrogens (tertiary/aromatic N) is 1. The highest BCUT2D eigenvalue weighted by atomic mass is 31.2. The third-order valence-electron chi connectivity index (χ3n) is 13.6. The molecule has 0 saturated heterocycles. The molecular weight excluding hydrogens is 952 g/mol. The number of ether oxygens (including phenoxy) is 1. The fraction of sp³-hybridized carbons (Fsp3) is 0.785. The average Bonchev–Trinajstić information content (AvgIpc) is 3.37. The second-order valence-corrected chi connectivity index (χ2v) is 23.6. The fourth-order valence-electron chi connectivity index (χ4n) is 8.76. The summed E-state index contributed by atoms with van der Waals surface area (Å²) in [6.07, 6.45) is 70.2. The van der Waals surface area contributed by atoms with E-state index in [-0.39, 0.29) is 18.9 Å². The van der Waals surface area contributed by atoms with E-state index in [2.05, 4.69) is 80.8 Å². The molecule has 0 aliphatic heterocycles. The summed E-state index contributed by atoms with van der Waals surface area (Å²) in [5.41, 5.74) is 0. The molecule has 0 aromatic heterocycles. The van der Waals surface area contributed by atoms with Gasteiger partial charge in [0.1, 0.15) is 19.3 Å². The first-order valence-electron chi connectivity index (χ1n) is 31.2. The lowest BCUT2D eigenvalue weighted by molar-refractivity contribution is -0.870. The molecule has 9 nitrogen and oxygen atoms in total. The number of carbonyl (C=O) groups excluding carboxylic acids is 2. The van der Waals surface area contributed by atoms with Crippen LogP contribution in [0.3, 0.4) is 0 Å². The van der Waals surface area contributed by atoms with Crippen LogP contribution in [0, 0.1) is 0 Å². The summed E-state index contributed by atoms with van der Waals surface area (Å²) < 4.78 is 30.2. The van der Waals surface area contributed by atoms with Crippen molar-refractivity contribution in [1.82, 2.24) is 5.32 Å². The number of unbranched alkanes of at least 4 members (excludes halogenated alkanes) is 30. The number of likely N-dealkylation sites (N-methyl/N-ethyl adjacent to an activating group) is 1. The topological polar surface area (TPSA) is 114 Å². The highest BCUT2D eigenvalue weighted by Gasteiger charge is 2.27. The fourth-order valence-corrected chi connectivity index (χ4v) is 9.48. The standard InChI is InChI=1S/C65H119N2O7P/c1-7-10-13-16-19-22-25-28-29-30-31-32-33-34-35-36-37-40-42-45-48-51-54-57-64(68)66-62(61-73-75(70,71)72-60-59-67(4,5)6)63(56-53-50-47-44-41-38-26-23-20-17-14-11-8-2)74-65(69)58-55-52-49-46-43-39-27-24-21-18-15-12-9-3/h19,22,28-29,31-32,39,43,49,52-53,56,62-63H,7-18,20-21,23-27,30,33-38,40-42,44-48,50-51,54-55,57-61H2,1-6H3,(H-,66,68,70,71)/b22-19-,29-28-,32-31-,43-39-,52-49+,56-53-. The molecule has 0 spiro atoms. The van der Waals surface area contributed by atoms with Crippen molar-refractivity contribution in [3.05, 3.63) is 72.9 Å². The Morgan fingerprint density at radius 2 is 0.827 bits per heavy atom. The zero-order valence-corrected chi connectivity index (χ0v) is 50.6. The van der Waals surface area contributed by atoms with Gasteiger partial charge >= 0.3 is 5.97 Å². The van der Waals surface area contributed by atoms with Crippen LogP contribution in [0.5, 0.6) is 0 Å². The highest BCUT2D eigenvalue weighted by molar-refractivity contribution is 7.45. The van der Waals surface area contributed by atoms with E-state index in [0.29, 0.717) is 23.9 Å². The van der Waals surface area contributed by atoms with Crippen LogP contribution in [0.2, 0.25) is 0 Å². The number of allylic oxidation sites excluding steroid dienone is 11. The maximum absolute atomic E-state index is 13.5. The molecule has 3 atom stereocenters. The van der Waals surface area contributed by atoms with Crippen molar-refractivity contribution in [3.8, 4) is 0 Å². The number of quaternary nitrogens is 1. The minimum absolute atomic E-state index is 0.0324. The molecule has 1 amide bonds. The minimum Gasteiger partial charge on any atom is -0.756 e. The summed E-state index contributed by atoms with van der Waals surface area (Å²) in [5, 5.41) is 3.01. The average molecular weight is 1070 g/mol. The van der Waals surface area contributed by atoms with Crippen LogP contribution < -0.4 is 10.2 Å². The Morgan fingerprint density at radius 1 is 0.467 bits per heavy atom. The molecule has 3 unspecified atom stereocenters. The summed E-state index contributed by atoms with van der Waals surface area (Å²) in [4.78, 5) is 39.9. The zero-order chi connectivity index (χ0) is 55.0. The summed E-state index contributed by atoms with van der Waals surface area (Å²) in [6, 6.07) is -0.915. The molecule has 0 heterocycles. The van der Waals surface area contributed by atoms with Crippen molar-refractivity contribution in [2.24, 2.45) is 0 Å². The van der Waals surface area contributed by atoms with Gasteiger partial charge in [0.05, 0.1) is 33.8 Å². The molecule has 1 N–H and O–H groups in total. The molecule has 75 heavy (non-hydrogen) atoms. The summed E-state index contributed by atoms with van der Waals surface area (Å²) in [6.45, 7) is 6.78. The highest BCUT2D eigenvalue weighted by Crippen LogP contribution is 2.38. The van der Waals surface area contributed by atoms with E-state index < -0.39 is 32.5 Å². The summed E-state index contributed by atoms with van der Waals surface area (Å²) in [7, 11) is 1.15. The number of hydrogen-bond donors (Lipinski definition) is 1.